The highest BCUT2D eigenvalue weighted by atomic mass is 16.2. The van der Waals surface area contributed by atoms with Crippen LogP contribution in [0.5, 0.6) is 0 Å². The lowest BCUT2D eigenvalue weighted by atomic mass is 10.00. The maximum absolute atomic E-state index is 12.0. The van der Waals surface area contributed by atoms with Gasteiger partial charge in [0.1, 0.15) is 5.54 Å². The summed E-state index contributed by atoms with van der Waals surface area (Å²) in [5.41, 5.74) is -0.00585. The molecular formula is C13H15N3O2. The minimum absolute atomic E-state index is 0.317. The number of carbonyl (C=O) groups is 2. The molecule has 1 heterocycles. The van der Waals surface area contributed by atoms with Crippen LogP contribution in [0.2, 0.25) is 0 Å². The van der Waals surface area contributed by atoms with Crippen LogP contribution in [0.15, 0.2) is 35.4 Å². The first-order valence-electron chi connectivity index (χ1n) is 5.82. The third kappa shape index (κ3) is 2.11. The van der Waals surface area contributed by atoms with Crippen molar-refractivity contribution in [1.82, 2.24) is 10.3 Å². The highest BCUT2D eigenvalue weighted by Gasteiger charge is 2.46. The zero-order chi connectivity index (χ0) is 13.2. The lowest BCUT2D eigenvalue weighted by molar-refractivity contribution is -0.130. The van der Waals surface area contributed by atoms with E-state index in [4.69, 9.17) is 0 Å². The Morgan fingerprint density at radius 2 is 2.00 bits per heavy atom. The molecule has 5 heteroatoms. The molecule has 0 spiro atoms. The lowest BCUT2D eigenvalue weighted by Crippen LogP contribution is -2.42. The minimum atomic E-state index is -0.842. The zero-order valence-corrected chi connectivity index (χ0v) is 10.4. The molecule has 1 saturated heterocycles. The monoisotopic (exact) mass is 245 g/mol. The van der Waals surface area contributed by atoms with Crippen LogP contribution < -0.4 is 5.32 Å². The van der Waals surface area contributed by atoms with E-state index in [-0.39, 0.29) is 5.91 Å². The number of hydrazone groups is 1. The summed E-state index contributed by atoms with van der Waals surface area (Å²) < 4.78 is 0. The molecule has 1 aliphatic heterocycles. The molecule has 1 aromatic carbocycles. The van der Waals surface area contributed by atoms with Crippen molar-refractivity contribution in [3.8, 4) is 0 Å². The average Bonchev–Trinajstić information content (AvgIpc) is 2.60. The van der Waals surface area contributed by atoms with Gasteiger partial charge < -0.3 is 5.32 Å². The Kier molecular flexibility index (Phi) is 3.14. The summed E-state index contributed by atoms with van der Waals surface area (Å²) in [4.78, 5) is 23.7. The van der Waals surface area contributed by atoms with Crippen LogP contribution in [0.4, 0.5) is 4.79 Å². The van der Waals surface area contributed by atoms with Crippen molar-refractivity contribution in [2.45, 2.75) is 25.8 Å². The van der Waals surface area contributed by atoms with E-state index in [1.807, 2.05) is 37.3 Å². The number of benzene rings is 1. The molecule has 2 rings (SSSR count). The third-order valence-electron chi connectivity index (χ3n) is 3.07. The van der Waals surface area contributed by atoms with Gasteiger partial charge in [-0.05, 0) is 18.9 Å². The van der Waals surface area contributed by atoms with Crippen molar-refractivity contribution in [2.75, 3.05) is 0 Å². The van der Waals surface area contributed by atoms with Crippen molar-refractivity contribution in [3.05, 3.63) is 35.9 Å². The summed E-state index contributed by atoms with van der Waals surface area (Å²) in [6.45, 7) is 3.55. The Labute approximate surface area is 105 Å². The van der Waals surface area contributed by atoms with Crippen LogP contribution in [0.3, 0.4) is 0 Å². The van der Waals surface area contributed by atoms with Gasteiger partial charge >= 0.3 is 6.03 Å². The van der Waals surface area contributed by atoms with Crippen LogP contribution in [0, 0.1) is 0 Å². The van der Waals surface area contributed by atoms with Crippen LogP contribution in [0.25, 0.3) is 0 Å². The molecule has 1 N–H and O–H groups in total. The number of nitrogens with one attached hydrogen (secondary N) is 1. The van der Waals surface area contributed by atoms with Gasteiger partial charge in [-0.25, -0.2) is 4.79 Å². The second-order valence-corrected chi connectivity index (χ2v) is 4.39. The molecule has 18 heavy (non-hydrogen) atoms. The summed E-state index contributed by atoms with van der Waals surface area (Å²) in [5, 5.41) is 7.47. The second kappa shape index (κ2) is 4.60. The number of carbonyl (C=O) groups excluding carboxylic acids is 2. The summed E-state index contributed by atoms with van der Waals surface area (Å²) in [6.07, 6.45) is 2.04. The predicted molar refractivity (Wildman–Crippen MR) is 68.1 cm³/mol. The molecule has 1 fully saturated rings. The first kappa shape index (κ1) is 12.3. The van der Waals surface area contributed by atoms with Crippen LogP contribution >= 0.6 is 0 Å². The van der Waals surface area contributed by atoms with E-state index in [1.165, 1.54) is 6.21 Å². The van der Waals surface area contributed by atoms with Gasteiger partial charge in [0.2, 0.25) is 0 Å². The van der Waals surface area contributed by atoms with Crippen molar-refractivity contribution in [1.29, 1.82) is 0 Å². The van der Waals surface area contributed by atoms with Gasteiger partial charge in [-0.3, -0.25) is 4.79 Å². The molecule has 94 valence electrons. The van der Waals surface area contributed by atoms with Gasteiger partial charge in [0.15, 0.2) is 0 Å². The van der Waals surface area contributed by atoms with Gasteiger partial charge in [-0.1, -0.05) is 37.3 Å². The van der Waals surface area contributed by atoms with E-state index in [9.17, 15) is 9.59 Å². The molecule has 1 atom stereocenters. The van der Waals surface area contributed by atoms with Gasteiger partial charge in [0.25, 0.3) is 5.91 Å². The smallest absolute Gasteiger partial charge is 0.322 e. The molecular weight excluding hydrogens is 230 g/mol. The Morgan fingerprint density at radius 3 is 2.56 bits per heavy atom. The molecule has 5 nitrogen and oxygen atoms in total. The van der Waals surface area contributed by atoms with E-state index in [0.29, 0.717) is 6.42 Å². The highest BCUT2D eigenvalue weighted by molar-refractivity contribution is 6.07. The summed E-state index contributed by atoms with van der Waals surface area (Å²) in [6, 6.07) is 8.84. The first-order chi connectivity index (χ1) is 8.57. The van der Waals surface area contributed by atoms with Gasteiger partial charge in [0, 0.05) is 0 Å². The number of urea groups is 1. The second-order valence-electron chi connectivity index (χ2n) is 4.39. The number of hydrogen-bond donors (Lipinski definition) is 1. The molecule has 3 amide bonds. The fourth-order valence-corrected chi connectivity index (χ4v) is 1.68. The average molecular weight is 245 g/mol. The van der Waals surface area contributed by atoms with Crippen molar-refractivity contribution < 1.29 is 9.59 Å². The van der Waals surface area contributed by atoms with Crippen LogP contribution in [-0.2, 0) is 4.79 Å². The van der Waals surface area contributed by atoms with Gasteiger partial charge in [0.05, 0.1) is 6.21 Å². The normalized spacial score (nSPS) is 23.8. The topological polar surface area (TPSA) is 61.8 Å². The predicted octanol–water partition coefficient (Wildman–Crippen LogP) is 1.74. The molecule has 0 aliphatic carbocycles. The summed E-state index contributed by atoms with van der Waals surface area (Å²) in [7, 11) is 0. The van der Waals surface area contributed by atoms with Crippen molar-refractivity contribution >= 4 is 18.2 Å². The number of nitrogens with zero attached hydrogens (tertiary/aromatic N) is 2. The molecule has 0 radical (unpaired) electrons. The first-order valence-corrected chi connectivity index (χ1v) is 5.82. The van der Waals surface area contributed by atoms with E-state index in [0.717, 1.165) is 10.6 Å². The zero-order valence-electron chi connectivity index (χ0n) is 10.4. The fourth-order valence-electron chi connectivity index (χ4n) is 1.68. The lowest BCUT2D eigenvalue weighted by Gasteiger charge is -2.17. The Bertz CT molecular complexity index is 498. The van der Waals surface area contributed by atoms with Crippen molar-refractivity contribution in [3.63, 3.8) is 0 Å². The minimum Gasteiger partial charge on any atom is -0.322 e. The summed E-state index contributed by atoms with van der Waals surface area (Å²) in [5.74, 6) is -0.317. The highest BCUT2D eigenvalue weighted by Crippen LogP contribution is 2.20. The number of hydrogen-bond acceptors (Lipinski definition) is 3. The Hall–Kier alpha value is -2.17. The largest absolute Gasteiger partial charge is 0.346 e. The quantitative estimate of drug-likeness (QED) is 0.651. The van der Waals surface area contributed by atoms with Crippen molar-refractivity contribution in [2.24, 2.45) is 5.10 Å². The van der Waals surface area contributed by atoms with E-state index < -0.39 is 11.6 Å². The van der Waals surface area contributed by atoms with E-state index in [1.54, 1.807) is 6.92 Å². The molecule has 1 aromatic rings. The molecule has 0 bridgehead atoms. The Morgan fingerprint density at radius 1 is 1.33 bits per heavy atom. The fraction of sp³-hybridized carbons (Fsp3) is 0.308. The molecule has 0 saturated carbocycles. The maximum Gasteiger partial charge on any atom is 0.346 e. The SMILES string of the molecule is CC[C@]1(C)NC(=O)N(/N=C\c2ccccc2)C1=O. The van der Waals surface area contributed by atoms with Crippen LogP contribution in [0.1, 0.15) is 25.8 Å². The standard InChI is InChI=1S/C13H15N3O2/c1-3-13(2)11(17)16(12(18)15-13)14-9-10-7-5-4-6-8-10/h4-9H,3H2,1-2H3,(H,15,18)/b14-9-/t13-/m0/s1. The molecule has 1 aliphatic rings. The van der Waals surface area contributed by atoms with E-state index in [2.05, 4.69) is 10.4 Å². The number of rotatable bonds is 3. The summed E-state index contributed by atoms with van der Waals surface area (Å²) >= 11 is 0. The van der Waals surface area contributed by atoms with Gasteiger partial charge in [-0.2, -0.15) is 5.10 Å². The maximum atomic E-state index is 12.0. The Balaban J connectivity index is 2.18. The number of imide groups is 1. The van der Waals surface area contributed by atoms with Crippen LogP contribution in [-0.4, -0.2) is 28.7 Å². The third-order valence-corrected chi connectivity index (χ3v) is 3.07. The number of amides is 3. The van der Waals surface area contributed by atoms with Gasteiger partial charge in [-0.15, -0.1) is 5.01 Å². The van der Waals surface area contributed by atoms with E-state index >= 15 is 0 Å². The molecule has 0 unspecified atom stereocenters. The molecule has 0 aromatic heterocycles.